The second kappa shape index (κ2) is 8.57. The summed E-state index contributed by atoms with van der Waals surface area (Å²) in [5.41, 5.74) is 5.04. The number of carbonyl (C=O) groups excluding carboxylic acids is 3. The fourth-order valence-electron chi connectivity index (χ4n) is 6.09. The van der Waals surface area contributed by atoms with Crippen LogP contribution in [0.25, 0.3) is 11.1 Å². The molecule has 0 aliphatic heterocycles. The lowest BCUT2D eigenvalue weighted by atomic mass is 9.60. The van der Waals surface area contributed by atoms with Crippen molar-refractivity contribution in [2.75, 3.05) is 14.1 Å². The molecule has 0 saturated carbocycles. The van der Waals surface area contributed by atoms with Crippen molar-refractivity contribution in [3.63, 3.8) is 0 Å². The summed E-state index contributed by atoms with van der Waals surface area (Å²) >= 11 is 0. The van der Waals surface area contributed by atoms with Crippen molar-refractivity contribution in [2.45, 2.75) is 31.4 Å². The smallest absolute Gasteiger partial charge is 0.255 e. The van der Waals surface area contributed by atoms with Crippen LogP contribution in [0.15, 0.2) is 59.1 Å². The van der Waals surface area contributed by atoms with E-state index >= 15 is 0 Å². The van der Waals surface area contributed by atoms with Gasteiger partial charge in [0, 0.05) is 24.5 Å². The number of Topliss-reactive ketones (excluding diaryl/α,β-unsaturated/α-hetero) is 2. The molecule has 0 fully saturated rings. The van der Waals surface area contributed by atoms with Gasteiger partial charge in [-0.2, -0.15) is 0 Å². The normalized spacial score (nSPS) is 25.2. The first-order valence-corrected chi connectivity index (χ1v) is 12.0. The van der Waals surface area contributed by atoms with Gasteiger partial charge in [0.2, 0.25) is 5.78 Å². The topological polar surface area (TPSA) is 161 Å². The largest absolute Gasteiger partial charge is 0.511 e. The minimum atomic E-state index is -2.57. The Bertz CT molecular complexity index is 1440. The van der Waals surface area contributed by atoms with Gasteiger partial charge in [-0.3, -0.25) is 14.4 Å². The first kappa shape index (κ1) is 24.7. The highest BCUT2D eigenvalue weighted by atomic mass is 16.3. The van der Waals surface area contributed by atoms with Crippen molar-refractivity contribution in [1.82, 2.24) is 4.90 Å². The number of carbonyl (C=O) groups is 3. The highest BCUT2D eigenvalue weighted by Gasteiger charge is 2.59. The van der Waals surface area contributed by atoms with Crippen LogP contribution in [0.5, 0.6) is 5.75 Å². The second-order valence-corrected chi connectivity index (χ2v) is 10.3. The van der Waals surface area contributed by atoms with Crippen LogP contribution < -0.4 is 5.73 Å². The summed E-state index contributed by atoms with van der Waals surface area (Å²) in [6, 6.07) is 11.0. The Balaban J connectivity index is 1.65. The molecule has 3 aliphatic rings. The van der Waals surface area contributed by atoms with E-state index in [0.717, 1.165) is 23.2 Å². The molecule has 1 unspecified atom stereocenters. The summed E-state index contributed by atoms with van der Waals surface area (Å²) in [5.74, 6) is -6.35. The molecule has 9 nitrogen and oxygen atoms in total. The quantitative estimate of drug-likeness (QED) is 0.396. The van der Waals surface area contributed by atoms with Crippen LogP contribution in [0, 0.1) is 11.8 Å². The monoisotopic (exact) mass is 504 g/mol. The van der Waals surface area contributed by atoms with Gasteiger partial charge in [-0.15, -0.1) is 0 Å². The van der Waals surface area contributed by atoms with Gasteiger partial charge in [-0.25, -0.2) is 0 Å². The molecule has 3 atom stereocenters. The van der Waals surface area contributed by atoms with Crippen molar-refractivity contribution in [3.8, 4) is 16.9 Å². The molecule has 5 rings (SSSR count). The molecule has 2 aromatic carbocycles. The van der Waals surface area contributed by atoms with Crippen LogP contribution in [0.3, 0.4) is 0 Å². The first-order chi connectivity index (χ1) is 17.4. The number of nitrogens with two attached hydrogens (primary N) is 1. The predicted molar refractivity (Wildman–Crippen MR) is 134 cm³/mol. The summed E-state index contributed by atoms with van der Waals surface area (Å²) in [6.45, 7) is 0.717. The second-order valence-electron chi connectivity index (χ2n) is 10.3. The van der Waals surface area contributed by atoms with E-state index in [1.54, 1.807) is 6.07 Å². The zero-order chi connectivity index (χ0) is 26.8. The Morgan fingerprint density at radius 1 is 1.11 bits per heavy atom. The van der Waals surface area contributed by atoms with Crippen molar-refractivity contribution >= 4 is 17.5 Å². The van der Waals surface area contributed by atoms with E-state index in [-0.39, 0.29) is 36.1 Å². The number of hydrogen-bond acceptors (Lipinski definition) is 8. The molecule has 6 N–H and O–H groups in total. The number of fused-ring (bicyclic) bond motifs is 3. The van der Waals surface area contributed by atoms with Crippen LogP contribution in [-0.4, -0.2) is 62.5 Å². The number of phenols is 1. The van der Waals surface area contributed by atoms with Gasteiger partial charge in [-0.1, -0.05) is 24.3 Å². The average molecular weight is 505 g/mol. The molecule has 0 aromatic heterocycles. The molecule has 2 aromatic rings. The molecule has 0 spiro atoms. The molecule has 0 saturated heterocycles. The Hall–Kier alpha value is -3.95. The van der Waals surface area contributed by atoms with Crippen molar-refractivity contribution in [1.29, 1.82) is 0 Å². The van der Waals surface area contributed by atoms with E-state index in [1.807, 2.05) is 43.3 Å². The van der Waals surface area contributed by atoms with Crippen LogP contribution in [-0.2, 0) is 22.6 Å². The first-order valence-electron chi connectivity index (χ1n) is 12.0. The molecule has 37 heavy (non-hydrogen) atoms. The Labute approximate surface area is 213 Å². The number of aliphatic hydroxyl groups excluding tert-OH is 2. The number of benzene rings is 2. The minimum Gasteiger partial charge on any atom is -0.511 e. The Morgan fingerprint density at radius 2 is 1.84 bits per heavy atom. The van der Waals surface area contributed by atoms with Crippen LogP contribution in [0.1, 0.15) is 34.3 Å². The third kappa shape index (κ3) is 3.65. The van der Waals surface area contributed by atoms with Crippen molar-refractivity contribution < 1.29 is 34.8 Å². The number of primary amides is 1. The molecule has 0 bridgehead atoms. The molecule has 1 amide bonds. The standard InChI is InChI=1S/C28H28N2O7/c1-30(2)12-13-4-3-5-14(8-13)17-6-7-19(31)22-18(17)10-15-9-16-11-20(32)23(27(29)36)26(35)28(16,37)25(34)21(15)24(22)33/h3-8,15-16,31-32,34,37H,9-12H2,1-2H3,(H2,29,36)/t15-,16+,28?/m1/s1. The van der Waals surface area contributed by atoms with Gasteiger partial charge >= 0.3 is 0 Å². The fraction of sp³-hybridized carbons (Fsp3) is 0.321. The van der Waals surface area contributed by atoms with Gasteiger partial charge in [0.1, 0.15) is 22.8 Å². The zero-order valence-corrected chi connectivity index (χ0v) is 20.5. The van der Waals surface area contributed by atoms with E-state index in [0.29, 0.717) is 5.56 Å². The maximum atomic E-state index is 13.7. The van der Waals surface area contributed by atoms with Crippen LogP contribution in [0.2, 0.25) is 0 Å². The summed E-state index contributed by atoms with van der Waals surface area (Å²) in [7, 11) is 3.93. The van der Waals surface area contributed by atoms with Crippen LogP contribution >= 0.6 is 0 Å². The molecule has 0 radical (unpaired) electrons. The highest BCUT2D eigenvalue weighted by Crippen LogP contribution is 2.52. The number of phenolic OH excluding ortho intramolecular Hbond substituents is 1. The number of amides is 1. The lowest BCUT2D eigenvalue weighted by molar-refractivity contribution is -0.144. The van der Waals surface area contributed by atoms with E-state index < -0.39 is 52.0 Å². The van der Waals surface area contributed by atoms with Gasteiger partial charge in [0.15, 0.2) is 11.4 Å². The maximum absolute atomic E-state index is 13.7. The van der Waals surface area contributed by atoms with Gasteiger partial charge < -0.3 is 31.1 Å². The molecule has 192 valence electrons. The average Bonchev–Trinajstić information content (AvgIpc) is 2.81. The third-order valence-corrected chi connectivity index (χ3v) is 7.68. The van der Waals surface area contributed by atoms with E-state index in [2.05, 4.69) is 0 Å². The fourth-order valence-corrected chi connectivity index (χ4v) is 6.09. The van der Waals surface area contributed by atoms with Gasteiger partial charge in [-0.05, 0) is 67.2 Å². The minimum absolute atomic E-state index is 0.00661. The maximum Gasteiger partial charge on any atom is 0.255 e. The Kier molecular flexibility index (Phi) is 5.73. The number of nitrogens with zero attached hydrogens (tertiary/aromatic N) is 1. The lowest BCUT2D eigenvalue weighted by Gasteiger charge is -2.45. The molecule has 9 heteroatoms. The van der Waals surface area contributed by atoms with Gasteiger partial charge in [0.25, 0.3) is 5.91 Å². The number of hydrogen-bond donors (Lipinski definition) is 5. The van der Waals surface area contributed by atoms with Gasteiger partial charge in [0.05, 0.1) is 5.56 Å². The highest BCUT2D eigenvalue weighted by molar-refractivity contribution is 6.24. The zero-order valence-electron chi connectivity index (χ0n) is 20.5. The number of aliphatic hydroxyl groups is 3. The lowest BCUT2D eigenvalue weighted by Crippen LogP contribution is -2.57. The third-order valence-electron chi connectivity index (χ3n) is 7.68. The van der Waals surface area contributed by atoms with Crippen molar-refractivity contribution in [3.05, 3.63) is 75.8 Å². The predicted octanol–water partition coefficient (Wildman–Crippen LogP) is 2.31. The summed E-state index contributed by atoms with van der Waals surface area (Å²) in [4.78, 5) is 40.6. The number of aromatic hydroxyl groups is 1. The number of ketones is 2. The SMILES string of the molecule is CN(C)Cc1cccc(-c2ccc(O)c3c2C[C@H]2C[C@H]4CC(O)=C(C(N)=O)C(=O)C4(O)C(O)=C2C3=O)c1. The molecular weight excluding hydrogens is 476 g/mol. The van der Waals surface area contributed by atoms with E-state index in [9.17, 15) is 34.8 Å². The Morgan fingerprint density at radius 3 is 2.51 bits per heavy atom. The summed E-state index contributed by atoms with van der Waals surface area (Å²) < 4.78 is 0. The van der Waals surface area contributed by atoms with E-state index in [4.69, 9.17) is 5.73 Å². The molecular formula is C28H28N2O7. The van der Waals surface area contributed by atoms with E-state index in [1.165, 1.54) is 6.07 Å². The number of allylic oxidation sites excluding steroid dienone is 2. The molecule has 0 heterocycles. The summed E-state index contributed by atoms with van der Waals surface area (Å²) in [5, 5.41) is 43.5. The number of rotatable bonds is 4. The van der Waals surface area contributed by atoms with Crippen LogP contribution in [0.4, 0.5) is 0 Å². The summed E-state index contributed by atoms with van der Waals surface area (Å²) in [6.07, 6.45) is 0.101. The van der Waals surface area contributed by atoms with Crippen molar-refractivity contribution in [2.24, 2.45) is 17.6 Å². The molecule has 3 aliphatic carbocycles.